The molecule has 2 saturated heterocycles. The van der Waals surface area contributed by atoms with Gasteiger partial charge >= 0.3 is 0 Å². The molecule has 0 spiro atoms. The van der Waals surface area contributed by atoms with Gasteiger partial charge in [0.2, 0.25) is 17.7 Å². The molecule has 4 rings (SSSR count). The molecule has 2 aliphatic heterocycles. The van der Waals surface area contributed by atoms with Crippen molar-refractivity contribution in [3.63, 3.8) is 0 Å². The first-order valence-electron chi connectivity index (χ1n) is 16.2. The molecule has 3 atom stereocenters. The highest BCUT2D eigenvalue weighted by atomic mass is 16.5. The van der Waals surface area contributed by atoms with E-state index < -0.39 is 23.9 Å². The third-order valence-corrected chi connectivity index (χ3v) is 8.62. The molecule has 256 valence electrons. The molecule has 11 heteroatoms. The van der Waals surface area contributed by atoms with E-state index in [4.69, 9.17) is 22.3 Å². The number of nitrogens with zero attached hydrogens (tertiary/aromatic N) is 3. The first-order valence-corrected chi connectivity index (χ1v) is 16.2. The molecule has 0 saturated carbocycles. The minimum absolute atomic E-state index is 0.0611. The van der Waals surface area contributed by atoms with E-state index in [1.165, 1.54) is 4.90 Å². The van der Waals surface area contributed by atoms with E-state index in [9.17, 15) is 24.6 Å². The normalized spacial score (nSPS) is 19.9. The molecule has 2 aromatic rings. The summed E-state index contributed by atoms with van der Waals surface area (Å²) in [6.07, 6.45) is 9.92. The van der Waals surface area contributed by atoms with Crippen LogP contribution in [0.3, 0.4) is 0 Å². The number of piperazine rings is 1. The van der Waals surface area contributed by atoms with E-state index >= 15 is 0 Å². The van der Waals surface area contributed by atoms with Crippen molar-refractivity contribution in [1.29, 1.82) is 0 Å². The summed E-state index contributed by atoms with van der Waals surface area (Å²) < 4.78 is 11.5. The van der Waals surface area contributed by atoms with E-state index in [-0.39, 0.29) is 56.9 Å². The van der Waals surface area contributed by atoms with Crippen LogP contribution in [-0.4, -0.2) is 120 Å². The Bertz CT molecular complexity index is 1520. The summed E-state index contributed by atoms with van der Waals surface area (Å²) in [6, 6.07) is 13.2. The first kappa shape index (κ1) is 36.4. The molecule has 0 aromatic heterocycles. The van der Waals surface area contributed by atoms with Crippen LogP contribution in [0, 0.1) is 24.7 Å². The Morgan fingerprint density at radius 3 is 2.44 bits per heavy atom. The maximum Gasteiger partial charge on any atom is 0.247 e. The van der Waals surface area contributed by atoms with E-state index in [1.807, 2.05) is 47.4 Å². The lowest BCUT2D eigenvalue weighted by Crippen LogP contribution is -2.60. The average Bonchev–Trinajstić information content (AvgIpc) is 3.05. The number of hydrogen-bond donors (Lipinski definition) is 3. The van der Waals surface area contributed by atoms with Crippen LogP contribution in [0.15, 0.2) is 42.5 Å². The van der Waals surface area contributed by atoms with Crippen LogP contribution in [-0.2, 0) is 25.5 Å². The Morgan fingerprint density at radius 2 is 1.79 bits per heavy atom. The molecule has 3 amide bonds. The van der Waals surface area contributed by atoms with Gasteiger partial charge in [0.05, 0.1) is 44.9 Å². The zero-order valence-electron chi connectivity index (χ0n) is 28.0. The van der Waals surface area contributed by atoms with Gasteiger partial charge < -0.3 is 34.8 Å². The fourth-order valence-electron chi connectivity index (χ4n) is 5.88. The van der Waals surface area contributed by atoms with Gasteiger partial charge in [0.25, 0.3) is 0 Å². The number of amides is 3. The molecule has 11 nitrogen and oxygen atoms in total. The lowest BCUT2D eigenvalue weighted by Gasteiger charge is -2.38. The van der Waals surface area contributed by atoms with Crippen LogP contribution in [0.4, 0.5) is 0 Å². The molecule has 2 fully saturated rings. The zero-order valence-corrected chi connectivity index (χ0v) is 28.0. The monoisotopic (exact) mass is 658 g/mol. The zero-order chi connectivity index (χ0) is 34.8. The summed E-state index contributed by atoms with van der Waals surface area (Å²) >= 11 is 0. The number of nitrogens with one attached hydrogen (secondary N) is 1. The fraction of sp³-hybridized carbons (Fsp3) is 0.486. The number of aliphatic hydroxyl groups is 2. The lowest BCUT2D eigenvalue weighted by atomic mass is 9.92. The van der Waals surface area contributed by atoms with Crippen LogP contribution < -0.4 is 10.1 Å². The highest BCUT2D eigenvalue weighted by molar-refractivity contribution is 5.91. The van der Waals surface area contributed by atoms with Gasteiger partial charge in [-0.1, -0.05) is 36.1 Å². The Hall–Kier alpha value is -4.39. The van der Waals surface area contributed by atoms with E-state index in [0.717, 1.165) is 22.3 Å². The van der Waals surface area contributed by atoms with Crippen LogP contribution >= 0.6 is 0 Å². The molecule has 0 aliphatic carbocycles. The molecular weight excluding hydrogens is 612 g/mol. The SMILES string of the molecule is C#CCN(C)C(=O)CN1CCN(C(=O)C(C)(C)NC(=O)CCOc2ccc(Cc3cc([C@@H]4OCC(O)CC4O)ccc3C#C)cc2)CC1. The topological polar surface area (TPSA) is 132 Å². The summed E-state index contributed by atoms with van der Waals surface area (Å²) in [5, 5.41) is 23.0. The van der Waals surface area contributed by atoms with Gasteiger partial charge in [-0.05, 0) is 55.2 Å². The van der Waals surface area contributed by atoms with Crippen LogP contribution in [0.1, 0.15) is 55.0 Å². The molecule has 2 heterocycles. The van der Waals surface area contributed by atoms with E-state index in [2.05, 4.69) is 17.2 Å². The second kappa shape index (κ2) is 16.6. The van der Waals surface area contributed by atoms with Gasteiger partial charge in [-0.15, -0.1) is 12.8 Å². The molecular formula is C37H46N4O7. The summed E-state index contributed by atoms with van der Waals surface area (Å²) in [5.41, 5.74) is 2.37. The molecule has 3 N–H and O–H groups in total. The highest BCUT2D eigenvalue weighted by Crippen LogP contribution is 2.30. The Labute approximate surface area is 283 Å². The number of carbonyl (C=O) groups excluding carboxylic acids is 3. The molecule has 0 bridgehead atoms. The van der Waals surface area contributed by atoms with Crippen LogP contribution in [0.5, 0.6) is 5.75 Å². The Kier molecular flexibility index (Phi) is 12.6. The smallest absolute Gasteiger partial charge is 0.247 e. The Morgan fingerprint density at radius 1 is 1.08 bits per heavy atom. The van der Waals surface area contributed by atoms with E-state index in [1.54, 1.807) is 25.8 Å². The molecule has 2 aliphatic rings. The maximum absolute atomic E-state index is 13.2. The minimum atomic E-state index is -1.10. The summed E-state index contributed by atoms with van der Waals surface area (Å²) in [4.78, 5) is 43.5. The van der Waals surface area contributed by atoms with Gasteiger partial charge in [0, 0.05) is 45.2 Å². The predicted octanol–water partition coefficient (Wildman–Crippen LogP) is 1.34. The van der Waals surface area contributed by atoms with Crippen LogP contribution in [0.25, 0.3) is 0 Å². The summed E-state index contributed by atoms with van der Waals surface area (Å²) in [7, 11) is 1.67. The molecule has 48 heavy (non-hydrogen) atoms. The van der Waals surface area contributed by atoms with Crippen molar-refractivity contribution in [2.24, 2.45) is 0 Å². The van der Waals surface area contributed by atoms with Gasteiger partial charge in [-0.2, -0.15) is 0 Å². The number of hydrogen-bond acceptors (Lipinski definition) is 8. The summed E-state index contributed by atoms with van der Waals surface area (Å²) in [6.45, 7) is 6.22. The number of ether oxygens (including phenoxy) is 2. The van der Waals surface area contributed by atoms with Crippen molar-refractivity contribution in [2.75, 3.05) is 59.5 Å². The van der Waals surface area contributed by atoms with Crippen LogP contribution in [0.2, 0.25) is 0 Å². The number of terminal acetylenes is 2. The van der Waals surface area contributed by atoms with Gasteiger partial charge in [-0.25, -0.2) is 0 Å². The maximum atomic E-state index is 13.2. The number of likely N-dealkylation sites (N-methyl/N-ethyl adjacent to an activating group) is 1. The molecule has 2 unspecified atom stereocenters. The minimum Gasteiger partial charge on any atom is -0.493 e. The number of benzene rings is 2. The standard InChI is InChI=1S/C37H46N4O7/c1-6-15-39(5)34(45)24-40-16-18-41(19-17-40)36(46)37(3,4)38-33(44)14-20-47-31-12-8-26(9-13-31)21-29-22-28(11-10-27(29)7-2)35-32(43)23-30(42)25-48-35/h1-2,8-13,22,30,32,35,42-43H,14-21,23-25H2,3-5H3,(H,38,44)/t30?,32?,35-/m0/s1. The van der Waals surface area contributed by atoms with Gasteiger partial charge in [-0.3, -0.25) is 19.3 Å². The predicted molar refractivity (Wildman–Crippen MR) is 181 cm³/mol. The third kappa shape index (κ3) is 9.82. The molecule has 0 radical (unpaired) electrons. The van der Waals surface area contributed by atoms with Crippen molar-refractivity contribution < 1.29 is 34.1 Å². The van der Waals surface area contributed by atoms with Crippen molar-refractivity contribution in [2.45, 2.75) is 57.0 Å². The summed E-state index contributed by atoms with van der Waals surface area (Å²) in [5.74, 6) is 5.25. The second-order valence-corrected chi connectivity index (χ2v) is 12.9. The van der Waals surface area contributed by atoms with Crippen molar-refractivity contribution in [1.82, 2.24) is 20.0 Å². The Balaban J connectivity index is 1.22. The second-order valence-electron chi connectivity index (χ2n) is 12.9. The average molecular weight is 659 g/mol. The van der Waals surface area contributed by atoms with Gasteiger partial charge in [0.15, 0.2) is 0 Å². The van der Waals surface area contributed by atoms with E-state index in [0.29, 0.717) is 38.3 Å². The quantitative estimate of drug-likeness (QED) is 0.292. The lowest BCUT2D eigenvalue weighted by molar-refractivity contribution is -0.142. The molecule has 2 aromatic carbocycles. The van der Waals surface area contributed by atoms with Gasteiger partial charge in [0.1, 0.15) is 17.4 Å². The largest absolute Gasteiger partial charge is 0.493 e. The van der Waals surface area contributed by atoms with Crippen molar-refractivity contribution in [3.8, 4) is 30.4 Å². The van der Waals surface area contributed by atoms with Crippen molar-refractivity contribution >= 4 is 17.7 Å². The first-order chi connectivity index (χ1) is 22.9. The highest BCUT2D eigenvalue weighted by Gasteiger charge is 2.35. The fourth-order valence-corrected chi connectivity index (χ4v) is 5.88. The number of rotatable bonds is 12. The van der Waals surface area contributed by atoms with Crippen molar-refractivity contribution in [3.05, 3.63) is 64.7 Å². The number of carbonyl (C=O) groups is 3. The number of aliphatic hydroxyl groups excluding tert-OH is 2. The third-order valence-electron chi connectivity index (χ3n) is 8.62.